The molecule has 2 N–H and O–H groups in total. The van der Waals surface area contributed by atoms with Crippen molar-refractivity contribution in [1.29, 1.82) is 0 Å². The van der Waals surface area contributed by atoms with Gasteiger partial charge in [0.05, 0.1) is 7.11 Å². The molecule has 18 heavy (non-hydrogen) atoms. The third-order valence-electron chi connectivity index (χ3n) is 2.67. The van der Waals surface area contributed by atoms with E-state index >= 15 is 0 Å². The lowest BCUT2D eigenvalue weighted by Gasteiger charge is -2.17. The number of ether oxygens (including phenoxy) is 1. The van der Waals surface area contributed by atoms with Crippen LogP contribution in [0.3, 0.4) is 0 Å². The highest BCUT2D eigenvalue weighted by Crippen LogP contribution is 2.25. The molecular weight excluding hydrogens is 246 g/mol. The lowest BCUT2D eigenvalue weighted by Crippen LogP contribution is -2.16. The SMILES string of the molecule is COc1ccccc1CN(C)c1ncc(CN)s1. The zero-order valence-electron chi connectivity index (χ0n) is 10.6. The van der Waals surface area contributed by atoms with Crippen molar-refractivity contribution >= 4 is 16.5 Å². The van der Waals surface area contributed by atoms with Crippen LogP contribution in [0.5, 0.6) is 5.75 Å². The number of nitrogens with zero attached hydrogens (tertiary/aromatic N) is 2. The van der Waals surface area contributed by atoms with Crippen LogP contribution in [0.4, 0.5) is 5.13 Å². The van der Waals surface area contributed by atoms with E-state index in [2.05, 4.69) is 16.0 Å². The monoisotopic (exact) mass is 263 g/mol. The van der Waals surface area contributed by atoms with Crippen LogP contribution in [0.1, 0.15) is 10.4 Å². The van der Waals surface area contributed by atoms with Gasteiger partial charge >= 0.3 is 0 Å². The molecule has 0 fully saturated rings. The molecule has 0 bridgehead atoms. The molecule has 0 aliphatic heterocycles. The quantitative estimate of drug-likeness (QED) is 0.899. The first kappa shape index (κ1) is 12.9. The van der Waals surface area contributed by atoms with Gasteiger partial charge in [0.15, 0.2) is 5.13 Å². The van der Waals surface area contributed by atoms with Gasteiger partial charge in [-0.2, -0.15) is 0 Å². The Hall–Kier alpha value is -1.59. The number of nitrogens with two attached hydrogens (primary N) is 1. The second kappa shape index (κ2) is 5.84. The summed E-state index contributed by atoms with van der Waals surface area (Å²) in [5.41, 5.74) is 6.74. The maximum Gasteiger partial charge on any atom is 0.185 e. The van der Waals surface area contributed by atoms with Gasteiger partial charge in [0.2, 0.25) is 0 Å². The van der Waals surface area contributed by atoms with Crippen molar-refractivity contribution < 1.29 is 4.74 Å². The van der Waals surface area contributed by atoms with Gasteiger partial charge in [-0.1, -0.05) is 18.2 Å². The van der Waals surface area contributed by atoms with Crippen LogP contribution in [0.25, 0.3) is 0 Å². The van der Waals surface area contributed by atoms with Gasteiger partial charge in [0, 0.05) is 36.8 Å². The van der Waals surface area contributed by atoms with E-state index < -0.39 is 0 Å². The minimum absolute atomic E-state index is 0.542. The number of hydrogen-bond donors (Lipinski definition) is 1. The second-order valence-electron chi connectivity index (χ2n) is 3.98. The molecule has 4 nitrogen and oxygen atoms in total. The molecule has 0 radical (unpaired) electrons. The van der Waals surface area contributed by atoms with Crippen LogP contribution in [0, 0.1) is 0 Å². The van der Waals surface area contributed by atoms with Crippen LogP contribution in [-0.2, 0) is 13.1 Å². The molecule has 0 aliphatic rings. The van der Waals surface area contributed by atoms with Gasteiger partial charge in [0.25, 0.3) is 0 Å². The van der Waals surface area contributed by atoms with E-state index in [1.54, 1.807) is 18.4 Å². The number of methoxy groups -OCH3 is 1. The van der Waals surface area contributed by atoms with Crippen molar-refractivity contribution in [2.45, 2.75) is 13.1 Å². The highest BCUT2D eigenvalue weighted by molar-refractivity contribution is 7.15. The minimum Gasteiger partial charge on any atom is -0.496 e. The summed E-state index contributed by atoms with van der Waals surface area (Å²) in [4.78, 5) is 7.56. The van der Waals surface area contributed by atoms with E-state index in [-0.39, 0.29) is 0 Å². The lowest BCUT2D eigenvalue weighted by atomic mass is 10.2. The molecule has 1 heterocycles. The fraction of sp³-hybridized carbons (Fsp3) is 0.308. The molecule has 2 aromatic rings. The van der Waals surface area contributed by atoms with E-state index in [1.807, 2.05) is 31.4 Å². The third kappa shape index (κ3) is 2.80. The van der Waals surface area contributed by atoms with E-state index in [1.165, 1.54) is 0 Å². The molecule has 5 heteroatoms. The number of aromatic nitrogens is 1. The van der Waals surface area contributed by atoms with Crippen LogP contribution in [-0.4, -0.2) is 19.1 Å². The van der Waals surface area contributed by atoms with Crippen molar-refractivity contribution in [3.05, 3.63) is 40.9 Å². The van der Waals surface area contributed by atoms with Gasteiger partial charge in [-0.3, -0.25) is 0 Å². The maximum absolute atomic E-state index is 5.59. The highest BCUT2D eigenvalue weighted by Gasteiger charge is 2.09. The first-order valence-corrected chi connectivity index (χ1v) is 6.54. The van der Waals surface area contributed by atoms with Crippen LogP contribution >= 0.6 is 11.3 Å². The van der Waals surface area contributed by atoms with E-state index in [4.69, 9.17) is 10.5 Å². The average Bonchev–Trinajstić information content (AvgIpc) is 2.88. The smallest absolute Gasteiger partial charge is 0.185 e. The predicted molar refractivity (Wildman–Crippen MR) is 75.1 cm³/mol. The first-order chi connectivity index (χ1) is 8.74. The molecule has 1 aromatic carbocycles. The molecule has 0 saturated heterocycles. The summed E-state index contributed by atoms with van der Waals surface area (Å²) in [5, 5.41) is 0.973. The van der Waals surface area contributed by atoms with Crippen molar-refractivity contribution in [3.63, 3.8) is 0 Å². The minimum atomic E-state index is 0.542. The third-order valence-corrected chi connectivity index (χ3v) is 3.80. The van der Waals surface area contributed by atoms with Gasteiger partial charge in [-0.05, 0) is 6.07 Å². The number of rotatable bonds is 5. The summed E-state index contributed by atoms with van der Waals surface area (Å²) in [5.74, 6) is 0.903. The molecule has 0 amide bonds. The Morgan fingerprint density at radius 2 is 2.17 bits per heavy atom. The molecule has 0 atom stereocenters. The lowest BCUT2D eigenvalue weighted by molar-refractivity contribution is 0.409. The number of thiazole rings is 1. The predicted octanol–water partition coefficient (Wildman–Crippen LogP) is 2.25. The Bertz CT molecular complexity index is 512. The van der Waals surface area contributed by atoms with Crippen LogP contribution in [0.2, 0.25) is 0 Å². The molecule has 0 unspecified atom stereocenters. The number of anilines is 1. The Labute approximate surface area is 111 Å². The number of para-hydroxylation sites is 1. The maximum atomic E-state index is 5.59. The van der Waals surface area contributed by atoms with Crippen molar-refractivity contribution in [3.8, 4) is 5.75 Å². The standard InChI is InChI=1S/C13H17N3OS/c1-16(13-15-8-11(7-14)18-13)9-10-5-3-4-6-12(10)17-2/h3-6,8H,7,9,14H2,1-2H3. The number of hydrogen-bond acceptors (Lipinski definition) is 5. The highest BCUT2D eigenvalue weighted by atomic mass is 32.1. The first-order valence-electron chi connectivity index (χ1n) is 5.72. The molecule has 0 aliphatic carbocycles. The molecule has 0 saturated carbocycles. The van der Waals surface area contributed by atoms with Crippen LogP contribution in [0.15, 0.2) is 30.5 Å². The van der Waals surface area contributed by atoms with E-state index in [9.17, 15) is 0 Å². The Morgan fingerprint density at radius 3 is 2.83 bits per heavy atom. The molecular formula is C13H17N3OS. The molecule has 96 valence electrons. The van der Waals surface area contributed by atoms with Gasteiger partial charge in [0.1, 0.15) is 5.75 Å². The topological polar surface area (TPSA) is 51.4 Å². The summed E-state index contributed by atoms with van der Waals surface area (Å²) in [6.45, 7) is 1.31. The summed E-state index contributed by atoms with van der Waals surface area (Å²) >= 11 is 1.62. The molecule has 2 rings (SSSR count). The van der Waals surface area contributed by atoms with Crippen LogP contribution < -0.4 is 15.4 Å². The Morgan fingerprint density at radius 1 is 1.39 bits per heavy atom. The number of benzene rings is 1. The van der Waals surface area contributed by atoms with Crippen molar-refractivity contribution in [1.82, 2.24) is 4.98 Å². The summed E-state index contributed by atoms with van der Waals surface area (Å²) in [7, 11) is 3.71. The summed E-state index contributed by atoms with van der Waals surface area (Å²) in [6, 6.07) is 8.01. The Balaban J connectivity index is 2.13. The second-order valence-corrected chi connectivity index (χ2v) is 5.07. The van der Waals surface area contributed by atoms with Gasteiger partial charge in [-0.25, -0.2) is 4.98 Å². The zero-order valence-corrected chi connectivity index (χ0v) is 11.4. The average molecular weight is 263 g/mol. The fourth-order valence-electron chi connectivity index (χ4n) is 1.72. The van der Waals surface area contributed by atoms with E-state index in [0.29, 0.717) is 6.54 Å². The fourth-order valence-corrected chi connectivity index (χ4v) is 2.47. The van der Waals surface area contributed by atoms with Gasteiger partial charge < -0.3 is 15.4 Å². The zero-order chi connectivity index (χ0) is 13.0. The summed E-state index contributed by atoms with van der Waals surface area (Å²) < 4.78 is 5.34. The van der Waals surface area contributed by atoms with E-state index in [0.717, 1.165) is 27.9 Å². The van der Waals surface area contributed by atoms with Crippen molar-refractivity contribution in [2.75, 3.05) is 19.1 Å². The van der Waals surface area contributed by atoms with Gasteiger partial charge in [-0.15, -0.1) is 11.3 Å². The largest absolute Gasteiger partial charge is 0.496 e. The summed E-state index contributed by atoms with van der Waals surface area (Å²) in [6.07, 6.45) is 1.83. The molecule has 0 spiro atoms. The molecule has 1 aromatic heterocycles. The normalized spacial score (nSPS) is 10.4. The Kier molecular flexibility index (Phi) is 4.17. The van der Waals surface area contributed by atoms with Crippen molar-refractivity contribution in [2.24, 2.45) is 5.73 Å².